The molecule has 0 spiro atoms. The Morgan fingerprint density at radius 3 is 2.38 bits per heavy atom. The predicted octanol–water partition coefficient (Wildman–Crippen LogP) is 2.90. The summed E-state index contributed by atoms with van der Waals surface area (Å²) in [4.78, 5) is 26.0. The highest BCUT2D eigenvalue weighted by Gasteiger charge is 2.23. The van der Waals surface area contributed by atoms with Gasteiger partial charge in [0.05, 0.1) is 13.0 Å². The zero-order valence-electron chi connectivity index (χ0n) is 13.6. The van der Waals surface area contributed by atoms with Crippen LogP contribution in [0.3, 0.4) is 0 Å². The molecule has 0 aliphatic heterocycles. The van der Waals surface area contributed by atoms with Crippen LogP contribution >= 0.6 is 0 Å². The highest BCUT2D eigenvalue weighted by molar-refractivity contribution is 5.94. The number of amides is 1. The van der Waals surface area contributed by atoms with Gasteiger partial charge in [0.2, 0.25) is 0 Å². The summed E-state index contributed by atoms with van der Waals surface area (Å²) in [7, 11) is 1.37. The first-order chi connectivity index (χ1) is 9.85. The van der Waals surface area contributed by atoms with E-state index in [4.69, 9.17) is 4.74 Å². The van der Waals surface area contributed by atoms with Crippen LogP contribution in [0.4, 0.5) is 0 Å². The van der Waals surface area contributed by atoms with E-state index in [9.17, 15) is 9.59 Å². The standard InChI is InChI=1S/C17H25NO3/c1-12(2)10-18(11-14(4)17(20)21-5)16(19)15-8-6-7-13(3)9-15/h6-9,12,14H,10-11H2,1-5H3. The number of methoxy groups -OCH3 is 1. The molecule has 0 saturated carbocycles. The van der Waals surface area contributed by atoms with Gasteiger partial charge in [-0.2, -0.15) is 0 Å². The Balaban J connectivity index is 2.91. The molecule has 1 aromatic rings. The summed E-state index contributed by atoms with van der Waals surface area (Å²) in [6.45, 7) is 8.84. The number of hydrogen-bond acceptors (Lipinski definition) is 3. The Labute approximate surface area is 127 Å². The van der Waals surface area contributed by atoms with Crippen molar-refractivity contribution >= 4 is 11.9 Å². The Hall–Kier alpha value is -1.84. The van der Waals surface area contributed by atoms with E-state index in [-0.39, 0.29) is 17.8 Å². The maximum Gasteiger partial charge on any atom is 0.310 e. The maximum atomic E-state index is 12.7. The topological polar surface area (TPSA) is 46.6 Å². The molecule has 1 aromatic carbocycles. The lowest BCUT2D eigenvalue weighted by atomic mass is 10.1. The van der Waals surface area contributed by atoms with Crippen molar-refractivity contribution in [1.82, 2.24) is 4.90 Å². The number of rotatable bonds is 6. The number of nitrogens with zero attached hydrogens (tertiary/aromatic N) is 1. The second kappa shape index (κ2) is 7.81. The molecule has 1 amide bonds. The van der Waals surface area contributed by atoms with Crippen LogP contribution in [0.5, 0.6) is 0 Å². The molecule has 0 fully saturated rings. The molecule has 1 unspecified atom stereocenters. The van der Waals surface area contributed by atoms with Crippen LogP contribution in [-0.4, -0.2) is 37.0 Å². The fourth-order valence-electron chi connectivity index (χ4n) is 2.25. The third kappa shape index (κ3) is 5.21. The molecule has 0 radical (unpaired) electrons. The summed E-state index contributed by atoms with van der Waals surface area (Å²) < 4.78 is 4.75. The molecule has 0 heterocycles. The molecule has 1 atom stereocenters. The van der Waals surface area contributed by atoms with Crippen molar-refractivity contribution in [1.29, 1.82) is 0 Å². The molecule has 21 heavy (non-hydrogen) atoms. The first kappa shape index (κ1) is 17.2. The minimum absolute atomic E-state index is 0.0387. The smallest absolute Gasteiger partial charge is 0.310 e. The Bertz CT molecular complexity index is 497. The molecule has 0 aliphatic carbocycles. The summed E-state index contributed by atoms with van der Waals surface area (Å²) in [6.07, 6.45) is 0. The number of carbonyl (C=O) groups excluding carboxylic acids is 2. The van der Waals surface area contributed by atoms with E-state index >= 15 is 0 Å². The van der Waals surface area contributed by atoms with E-state index in [1.807, 2.05) is 31.2 Å². The molecule has 0 aliphatic rings. The summed E-state index contributed by atoms with van der Waals surface area (Å²) >= 11 is 0. The van der Waals surface area contributed by atoms with Crippen molar-refractivity contribution in [2.75, 3.05) is 20.2 Å². The van der Waals surface area contributed by atoms with E-state index < -0.39 is 0 Å². The van der Waals surface area contributed by atoms with Crippen LogP contribution in [0.15, 0.2) is 24.3 Å². The summed E-state index contributed by atoms with van der Waals surface area (Å²) in [6, 6.07) is 7.52. The number of esters is 1. The number of ether oxygens (including phenoxy) is 1. The molecule has 116 valence electrons. The fourth-order valence-corrected chi connectivity index (χ4v) is 2.25. The fraction of sp³-hybridized carbons (Fsp3) is 0.529. The van der Waals surface area contributed by atoms with Gasteiger partial charge in [0.25, 0.3) is 5.91 Å². The Morgan fingerprint density at radius 2 is 1.86 bits per heavy atom. The van der Waals surface area contributed by atoms with Crippen LogP contribution in [0.2, 0.25) is 0 Å². The maximum absolute atomic E-state index is 12.7. The molecule has 4 heteroatoms. The SMILES string of the molecule is COC(=O)C(C)CN(CC(C)C)C(=O)c1cccc(C)c1. The molecule has 0 bridgehead atoms. The van der Waals surface area contributed by atoms with Gasteiger partial charge in [0.15, 0.2) is 0 Å². The number of aryl methyl sites for hydroxylation is 1. The quantitative estimate of drug-likeness (QED) is 0.757. The lowest BCUT2D eigenvalue weighted by Gasteiger charge is -2.27. The zero-order chi connectivity index (χ0) is 16.0. The van der Waals surface area contributed by atoms with E-state index in [2.05, 4.69) is 13.8 Å². The van der Waals surface area contributed by atoms with Crippen molar-refractivity contribution in [3.63, 3.8) is 0 Å². The first-order valence-electron chi connectivity index (χ1n) is 7.29. The van der Waals surface area contributed by atoms with Crippen LogP contribution in [0, 0.1) is 18.8 Å². The monoisotopic (exact) mass is 291 g/mol. The van der Waals surface area contributed by atoms with Crippen LogP contribution in [0.25, 0.3) is 0 Å². The molecule has 4 nitrogen and oxygen atoms in total. The van der Waals surface area contributed by atoms with Gasteiger partial charge in [-0.05, 0) is 25.0 Å². The predicted molar refractivity (Wildman–Crippen MR) is 83.1 cm³/mol. The molecule has 1 rings (SSSR count). The Morgan fingerprint density at radius 1 is 1.19 bits per heavy atom. The van der Waals surface area contributed by atoms with Crippen LogP contribution in [0.1, 0.15) is 36.7 Å². The molecule has 0 aromatic heterocycles. The van der Waals surface area contributed by atoms with Gasteiger partial charge in [-0.1, -0.05) is 38.5 Å². The summed E-state index contributed by atoms with van der Waals surface area (Å²) in [5, 5.41) is 0. The summed E-state index contributed by atoms with van der Waals surface area (Å²) in [5.41, 5.74) is 1.71. The summed E-state index contributed by atoms with van der Waals surface area (Å²) in [5.74, 6) is -0.324. The van der Waals surface area contributed by atoms with Gasteiger partial charge in [0.1, 0.15) is 0 Å². The van der Waals surface area contributed by atoms with Crippen molar-refractivity contribution in [2.45, 2.75) is 27.7 Å². The van der Waals surface area contributed by atoms with Crippen molar-refractivity contribution in [3.05, 3.63) is 35.4 Å². The van der Waals surface area contributed by atoms with Crippen molar-refractivity contribution < 1.29 is 14.3 Å². The highest BCUT2D eigenvalue weighted by atomic mass is 16.5. The van der Waals surface area contributed by atoms with Gasteiger partial charge in [-0.3, -0.25) is 9.59 Å². The molecule has 0 saturated heterocycles. The number of benzene rings is 1. The Kier molecular flexibility index (Phi) is 6.40. The second-order valence-electron chi connectivity index (χ2n) is 5.90. The largest absolute Gasteiger partial charge is 0.469 e. The average Bonchev–Trinajstić information content (AvgIpc) is 2.44. The third-order valence-electron chi connectivity index (χ3n) is 3.24. The second-order valence-corrected chi connectivity index (χ2v) is 5.90. The van der Waals surface area contributed by atoms with Gasteiger partial charge in [-0.15, -0.1) is 0 Å². The lowest BCUT2D eigenvalue weighted by molar-refractivity contribution is -0.145. The zero-order valence-corrected chi connectivity index (χ0v) is 13.6. The molecular weight excluding hydrogens is 266 g/mol. The van der Waals surface area contributed by atoms with E-state index in [0.29, 0.717) is 24.6 Å². The average molecular weight is 291 g/mol. The third-order valence-corrected chi connectivity index (χ3v) is 3.24. The van der Waals surface area contributed by atoms with E-state index in [0.717, 1.165) is 5.56 Å². The van der Waals surface area contributed by atoms with Crippen LogP contribution in [-0.2, 0) is 9.53 Å². The van der Waals surface area contributed by atoms with Crippen molar-refractivity contribution in [3.8, 4) is 0 Å². The molecule has 0 N–H and O–H groups in total. The number of carbonyl (C=O) groups is 2. The van der Waals surface area contributed by atoms with Gasteiger partial charge in [0, 0.05) is 18.7 Å². The van der Waals surface area contributed by atoms with Gasteiger partial charge < -0.3 is 9.64 Å². The van der Waals surface area contributed by atoms with Gasteiger partial charge >= 0.3 is 5.97 Å². The van der Waals surface area contributed by atoms with Crippen molar-refractivity contribution in [2.24, 2.45) is 11.8 Å². The minimum atomic E-state index is -0.331. The van der Waals surface area contributed by atoms with Gasteiger partial charge in [-0.25, -0.2) is 0 Å². The van der Waals surface area contributed by atoms with Crippen LogP contribution < -0.4 is 0 Å². The van der Waals surface area contributed by atoms with E-state index in [1.54, 1.807) is 11.8 Å². The lowest BCUT2D eigenvalue weighted by Crippen LogP contribution is -2.39. The number of hydrogen-bond donors (Lipinski definition) is 0. The normalized spacial score (nSPS) is 12.1. The highest BCUT2D eigenvalue weighted by Crippen LogP contribution is 2.12. The minimum Gasteiger partial charge on any atom is -0.469 e. The first-order valence-corrected chi connectivity index (χ1v) is 7.29. The molecular formula is C17H25NO3. The van der Waals surface area contributed by atoms with E-state index in [1.165, 1.54) is 7.11 Å².